The second kappa shape index (κ2) is 10.4. The summed E-state index contributed by atoms with van der Waals surface area (Å²) in [6, 6.07) is 23.8. The molecule has 0 bridgehead atoms. The number of primary amides is 1. The summed E-state index contributed by atoms with van der Waals surface area (Å²) in [6.07, 6.45) is 0.984. The first-order valence-electron chi connectivity index (χ1n) is 11.7. The van der Waals surface area contributed by atoms with Crippen LogP contribution in [0.25, 0.3) is 0 Å². The second-order valence-corrected chi connectivity index (χ2v) is 8.57. The minimum Gasteiger partial charge on any atom is -0.484 e. The van der Waals surface area contributed by atoms with Crippen LogP contribution in [-0.4, -0.2) is 30.4 Å². The standard InChI is InChI=1S/C28H29N3O4/c1-3-27(33)31(21-9-5-4-6-10-21)25-17-19(2)30(24-12-8-7-11-23(24)25)28(34)20-13-15-22(16-14-20)35-18-26(29)32/h4-16,19,25H,3,17-18H2,1-2H3,(H2,29,32)/t19-,25+/m0/s1. The molecule has 0 aliphatic carbocycles. The molecule has 1 aliphatic rings. The van der Waals surface area contributed by atoms with Gasteiger partial charge in [-0.2, -0.15) is 0 Å². The number of carbonyl (C=O) groups excluding carboxylic acids is 3. The number of rotatable bonds is 7. The van der Waals surface area contributed by atoms with Gasteiger partial charge in [-0.15, -0.1) is 0 Å². The van der Waals surface area contributed by atoms with Crippen LogP contribution in [0.4, 0.5) is 11.4 Å². The van der Waals surface area contributed by atoms with Crippen LogP contribution in [0.2, 0.25) is 0 Å². The number of carbonyl (C=O) groups is 3. The molecule has 0 saturated carbocycles. The third-order valence-electron chi connectivity index (χ3n) is 6.18. The van der Waals surface area contributed by atoms with Gasteiger partial charge in [0.15, 0.2) is 6.61 Å². The van der Waals surface area contributed by atoms with Crippen molar-refractivity contribution in [3.05, 3.63) is 90.0 Å². The average Bonchev–Trinajstić information content (AvgIpc) is 2.88. The van der Waals surface area contributed by atoms with Crippen molar-refractivity contribution in [2.45, 2.75) is 38.8 Å². The number of fused-ring (bicyclic) bond motifs is 1. The third-order valence-corrected chi connectivity index (χ3v) is 6.18. The zero-order valence-electron chi connectivity index (χ0n) is 19.9. The zero-order chi connectivity index (χ0) is 24.9. The fourth-order valence-corrected chi connectivity index (χ4v) is 4.58. The van der Waals surface area contributed by atoms with E-state index in [2.05, 4.69) is 0 Å². The van der Waals surface area contributed by atoms with Crippen LogP contribution in [0.15, 0.2) is 78.9 Å². The highest BCUT2D eigenvalue weighted by molar-refractivity contribution is 6.07. The van der Waals surface area contributed by atoms with Crippen molar-refractivity contribution in [3.63, 3.8) is 0 Å². The van der Waals surface area contributed by atoms with Gasteiger partial charge in [-0.3, -0.25) is 14.4 Å². The molecule has 0 unspecified atom stereocenters. The number of anilines is 2. The Balaban J connectivity index is 1.68. The summed E-state index contributed by atoms with van der Waals surface area (Å²) in [5.74, 6) is -0.207. The first kappa shape index (κ1) is 24.0. The van der Waals surface area contributed by atoms with Gasteiger partial charge in [0.1, 0.15) is 5.75 Å². The molecule has 3 aromatic rings. The third kappa shape index (κ3) is 5.04. The lowest BCUT2D eigenvalue weighted by atomic mass is 9.89. The summed E-state index contributed by atoms with van der Waals surface area (Å²) in [7, 11) is 0. The molecule has 3 amide bonds. The van der Waals surface area contributed by atoms with Crippen molar-refractivity contribution in [2.24, 2.45) is 5.73 Å². The van der Waals surface area contributed by atoms with Crippen molar-refractivity contribution in [1.29, 1.82) is 0 Å². The van der Waals surface area contributed by atoms with Gasteiger partial charge in [-0.05, 0) is 61.4 Å². The van der Waals surface area contributed by atoms with Crippen molar-refractivity contribution in [3.8, 4) is 5.75 Å². The SMILES string of the molecule is CCC(=O)N(c1ccccc1)[C@@H]1C[C@H](C)N(C(=O)c2ccc(OCC(N)=O)cc2)c2ccccc21. The molecule has 0 saturated heterocycles. The Labute approximate surface area is 205 Å². The molecule has 7 heteroatoms. The van der Waals surface area contributed by atoms with Gasteiger partial charge in [0.2, 0.25) is 5.91 Å². The Morgan fingerprint density at radius 3 is 2.29 bits per heavy atom. The van der Waals surface area contributed by atoms with E-state index in [-0.39, 0.29) is 30.5 Å². The van der Waals surface area contributed by atoms with Crippen LogP contribution >= 0.6 is 0 Å². The lowest BCUT2D eigenvalue weighted by Crippen LogP contribution is -2.47. The molecular formula is C28H29N3O4. The Bertz CT molecular complexity index is 1210. The first-order valence-corrected chi connectivity index (χ1v) is 11.7. The highest BCUT2D eigenvalue weighted by Gasteiger charge is 2.38. The second-order valence-electron chi connectivity index (χ2n) is 8.57. The van der Waals surface area contributed by atoms with E-state index in [1.54, 1.807) is 29.2 Å². The normalized spacial score (nSPS) is 16.8. The molecule has 0 aromatic heterocycles. The summed E-state index contributed by atoms with van der Waals surface area (Å²) in [5.41, 5.74) is 8.20. The van der Waals surface area contributed by atoms with Crippen LogP contribution in [-0.2, 0) is 9.59 Å². The lowest BCUT2D eigenvalue weighted by Gasteiger charge is -2.43. The monoisotopic (exact) mass is 471 g/mol. The van der Waals surface area contributed by atoms with E-state index < -0.39 is 5.91 Å². The van der Waals surface area contributed by atoms with Crippen LogP contribution in [0.3, 0.4) is 0 Å². The fraction of sp³-hybridized carbons (Fsp3) is 0.250. The number of hydrogen-bond donors (Lipinski definition) is 1. The van der Waals surface area contributed by atoms with Crippen LogP contribution in [0.1, 0.15) is 48.7 Å². The topological polar surface area (TPSA) is 92.9 Å². The maximum absolute atomic E-state index is 13.6. The molecule has 2 N–H and O–H groups in total. The number of nitrogens with zero attached hydrogens (tertiary/aromatic N) is 2. The molecule has 1 aliphatic heterocycles. The molecule has 4 rings (SSSR count). The highest BCUT2D eigenvalue weighted by Crippen LogP contribution is 2.43. The Morgan fingerprint density at radius 2 is 1.63 bits per heavy atom. The van der Waals surface area contributed by atoms with E-state index in [1.807, 2.05) is 73.3 Å². The van der Waals surface area contributed by atoms with Gasteiger partial charge >= 0.3 is 0 Å². The van der Waals surface area contributed by atoms with Gasteiger partial charge in [-0.25, -0.2) is 0 Å². The Kier molecular flexibility index (Phi) is 7.15. The van der Waals surface area contributed by atoms with E-state index in [0.717, 1.165) is 16.9 Å². The number of hydrogen-bond acceptors (Lipinski definition) is 4. The van der Waals surface area contributed by atoms with Crippen molar-refractivity contribution >= 4 is 29.1 Å². The lowest BCUT2D eigenvalue weighted by molar-refractivity contribution is -0.120. The number of nitrogens with two attached hydrogens (primary N) is 1. The molecule has 3 aromatic carbocycles. The number of para-hydroxylation sites is 2. The van der Waals surface area contributed by atoms with Crippen LogP contribution in [0, 0.1) is 0 Å². The molecular weight excluding hydrogens is 442 g/mol. The Hall–Kier alpha value is -4.13. The largest absolute Gasteiger partial charge is 0.484 e. The molecule has 35 heavy (non-hydrogen) atoms. The predicted octanol–water partition coefficient (Wildman–Crippen LogP) is 4.47. The average molecular weight is 472 g/mol. The van der Waals surface area contributed by atoms with Gasteiger partial charge in [-0.1, -0.05) is 43.3 Å². The molecule has 2 atom stereocenters. The summed E-state index contributed by atoms with van der Waals surface area (Å²) in [5, 5.41) is 0. The molecule has 7 nitrogen and oxygen atoms in total. The highest BCUT2D eigenvalue weighted by atomic mass is 16.5. The number of benzene rings is 3. The maximum atomic E-state index is 13.6. The van der Waals surface area contributed by atoms with Crippen molar-refractivity contribution in [1.82, 2.24) is 0 Å². The minimum atomic E-state index is -0.565. The predicted molar refractivity (Wildman–Crippen MR) is 135 cm³/mol. The molecule has 0 spiro atoms. The van der Waals surface area contributed by atoms with Gasteiger partial charge < -0.3 is 20.3 Å². The van der Waals surface area contributed by atoms with E-state index in [4.69, 9.17) is 10.5 Å². The van der Waals surface area contributed by atoms with Gasteiger partial charge in [0.25, 0.3) is 11.8 Å². The van der Waals surface area contributed by atoms with Gasteiger partial charge in [0.05, 0.1) is 6.04 Å². The van der Waals surface area contributed by atoms with E-state index >= 15 is 0 Å². The van der Waals surface area contributed by atoms with E-state index in [1.165, 1.54) is 0 Å². The summed E-state index contributed by atoms with van der Waals surface area (Å²) in [6.45, 7) is 3.65. The summed E-state index contributed by atoms with van der Waals surface area (Å²) < 4.78 is 5.30. The molecule has 0 fully saturated rings. The molecule has 180 valence electrons. The van der Waals surface area contributed by atoms with Gasteiger partial charge in [0, 0.05) is 29.4 Å². The quantitative estimate of drug-likeness (QED) is 0.550. The summed E-state index contributed by atoms with van der Waals surface area (Å²) in [4.78, 5) is 41.3. The fourth-order valence-electron chi connectivity index (χ4n) is 4.58. The van der Waals surface area contributed by atoms with Crippen molar-refractivity contribution in [2.75, 3.05) is 16.4 Å². The van der Waals surface area contributed by atoms with Crippen LogP contribution < -0.4 is 20.3 Å². The minimum absolute atomic E-state index is 0.0366. The number of ether oxygens (including phenoxy) is 1. The van der Waals surface area contributed by atoms with E-state index in [9.17, 15) is 14.4 Å². The number of amides is 3. The van der Waals surface area contributed by atoms with Crippen LogP contribution in [0.5, 0.6) is 5.75 Å². The molecule has 1 heterocycles. The Morgan fingerprint density at radius 1 is 0.971 bits per heavy atom. The zero-order valence-corrected chi connectivity index (χ0v) is 19.9. The summed E-state index contributed by atoms with van der Waals surface area (Å²) >= 11 is 0. The smallest absolute Gasteiger partial charge is 0.258 e. The first-order chi connectivity index (χ1) is 16.9. The molecule has 0 radical (unpaired) electrons. The van der Waals surface area contributed by atoms with E-state index in [0.29, 0.717) is 24.2 Å². The van der Waals surface area contributed by atoms with Crippen molar-refractivity contribution < 1.29 is 19.1 Å². The maximum Gasteiger partial charge on any atom is 0.258 e.